The minimum atomic E-state index is -1.11. The molecule has 0 radical (unpaired) electrons. The number of carbonyl (C=O) groups is 2. The monoisotopic (exact) mass is 198 g/mol. The molecule has 0 aromatic carbocycles. The van der Waals surface area contributed by atoms with E-state index in [2.05, 4.69) is 13.2 Å². The molecule has 0 aliphatic rings. The van der Waals surface area contributed by atoms with Crippen LogP contribution in [-0.2, 0) is 9.59 Å². The molecule has 2 atom stereocenters. The molecule has 0 bridgehead atoms. The average molecular weight is 198 g/mol. The third kappa shape index (κ3) is 3.43. The van der Waals surface area contributed by atoms with Crippen LogP contribution in [0.4, 0.5) is 0 Å². The van der Waals surface area contributed by atoms with E-state index in [4.69, 9.17) is 10.2 Å². The minimum Gasteiger partial charge on any atom is -0.481 e. The highest BCUT2D eigenvalue weighted by atomic mass is 16.4. The van der Waals surface area contributed by atoms with E-state index in [0.29, 0.717) is 0 Å². The van der Waals surface area contributed by atoms with E-state index in [-0.39, 0.29) is 12.8 Å². The Bertz CT molecular complexity index is 219. The highest BCUT2D eigenvalue weighted by molar-refractivity contribution is 5.80. The van der Waals surface area contributed by atoms with Crippen LogP contribution in [0.5, 0.6) is 0 Å². The first kappa shape index (κ1) is 12.4. The van der Waals surface area contributed by atoms with Crippen LogP contribution in [0.1, 0.15) is 12.8 Å². The number of hydrogen-bond donors (Lipinski definition) is 2. The van der Waals surface area contributed by atoms with Gasteiger partial charge in [0, 0.05) is 0 Å². The second-order valence-corrected chi connectivity index (χ2v) is 2.94. The van der Waals surface area contributed by atoms with Gasteiger partial charge in [-0.05, 0) is 12.8 Å². The molecule has 0 rings (SSSR count). The van der Waals surface area contributed by atoms with Crippen molar-refractivity contribution in [2.24, 2.45) is 11.8 Å². The van der Waals surface area contributed by atoms with Crippen molar-refractivity contribution in [2.45, 2.75) is 12.8 Å². The third-order valence-electron chi connectivity index (χ3n) is 1.96. The SMILES string of the molecule is C=CCC(C(=O)O)C(CC=C)C(=O)O. The Balaban J connectivity index is 4.70. The number of carboxylic acid groups (broad SMARTS) is 2. The van der Waals surface area contributed by atoms with E-state index in [9.17, 15) is 9.59 Å². The maximum atomic E-state index is 10.8. The van der Waals surface area contributed by atoms with Crippen molar-refractivity contribution in [2.75, 3.05) is 0 Å². The van der Waals surface area contributed by atoms with Crippen LogP contribution in [0.25, 0.3) is 0 Å². The summed E-state index contributed by atoms with van der Waals surface area (Å²) in [5, 5.41) is 17.6. The number of allylic oxidation sites excluding steroid dienone is 2. The summed E-state index contributed by atoms with van der Waals surface area (Å²) in [6, 6.07) is 0. The number of aliphatic carboxylic acids is 2. The molecule has 4 heteroatoms. The molecule has 14 heavy (non-hydrogen) atoms. The molecular weight excluding hydrogens is 184 g/mol. The molecular formula is C10H14O4. The third-order valence-corrected chi connectivity index (χ3v) is 1.96. The maximum absolute atomic E-state index is 10.8. The Labute approximate surface area is 82.6 Å². The van der Waals surface area contributed by atoms with E-state index in [0.717, 1.165) is 0 Å². The quantitative estimate of drug-likeness (QED) is 0.608. The summed E-state index contributed by atoms with van der Waals surface area (Å²) >= 11 is 0. The first-order valence-corrected chi connectivity index (χ1v) is 4.22. The fourth-order valence-corrected chi connectivity index (χ4v) is 1.23. The van der Waals surface area contributed by atoms with Gasteiger partial charge in [0.05, 0.1) is 11.8 Å². The summed E-state index contributed by atoms with van der Waals surface area (Å²) in [5.41, 5.74) is 0. The van der Waals surface area contributed by atoms with Crippen molar-refractivity contribution in [1.82, 2.24) is 0 Å². The van der Waals surface area contributed by atoms with Crippen LogP contribution in [0, 0.1) is 11.8 Å². The van der Waals surface area contributed by atoms with Gasteiger partial charge in [-0.25, -0.2) is 0 Å². The van der Waals surface area contributed by atoms with Gasteiger partial charge in [-0.3, -0.25) is 9.59 Å². The standard InChI is InChI=1S/C10H14O4/c1-3-5-7(9(11)12)8(6-4-2)10(13)14/h3-4,7-8H,1-2,5-6H2,(H,11,12)(H,13,14). The number of carboxylic acids is 2. The largest absolute Gasteiger partial charge is 0.481 e. The number of rotatable bonds is 7. The van der Waals surface area contributed by atoms with Gasteiger partial charge in [-0.1, -0.05) is 12.2 Å². The molecule has 0 fully saturated rings. The molecule has 0 aliphatic carbocycles. The normalized spacial score (nSPS) is 14.0. The molecule has 2 unspecified atom stereocenters. The molecule has 4 nitrogen and oxygen atoms in total. The highest BCUT2D eigenvalue weighted by Gasteiger charge is 2.31. The van der Waals surface area contributed by atoms with Gasteiger partial charge >= 0.3 is 11.9 Å². The predicted octanol–water partition coefficient (Wildman–Crippen LogP) is 1.54. The molecule has 0 amide bonds. The van der Waals surface area contributed by atoms with Crippen LogP contribution in [0.2, 0.25) is 0 Å². The Kier molecular flexibility index (Phi) is 5.29. The number of hydrogen-bond acceptors (Lipinski definition) is 2. The fourth-order valence-electron chi connectivity index (χ4n) is 1.23. The molecule has 2 N–H and O–H groups in total. The summed E-state index contributed by atoms with van der Waals surface area (Å²) in [6.07, 6.45) is 3.13. The topological polar surface area (TPSA) is 74.6 Å². The first-order chi connectivity index (χ1) is 6.54. The molecule has 0 aromatic rings. The zero-order valence-corrected chi connectivity index (χ0v) is 7.85. The first-order valence-electron chi connectivity index (χ1n) is 4.22. The van der Waals surface area contributed by atoms with Crippen LogP contribution < -0.4 is 0 Å². The summed E-state index contributed by atoms with van der Waals surface area (Å²) in [6.45, 7) is 6.81. The molecule has 0 heterocycles. The van der Waals surface area contributed by atoms with Gasteiger partial charge in [0.2, 0.25) is 0 Å². The zero-order valence-electron chi connectivity index (χ0n) is 7.85. The lowest BCUT2D eigenvalue weighted by atomic mass is 9.87. The van der Waals surface area contributed by atoms with Crippen LogP contribution in [-0.4, -0.2) is 22.2 Å². The molecule has 0 saturated heterocycles. The van der Waals surface area contributed by atoms with Crippen LogP contribution >= 0.6 is 0 Å². The van der Waals surface area contributed by atoms with Crippen molar-refractivity contribution >= 4 is 11.9 Å². The van der Waals surface area contributed by atoms with Gasteiger partial charge in [0.25, 0.3) is 0 Å². The van der Waals surface area contributed by atoms with Gasteiger partial charge in [-0.15, -0.1) is 13.2 Å². The maximum Gasteiger partial charge on any atom is 0.307 e. The highest BCUT2D eigenvalue weighted by Crippen LogP contribution is 2.21. The average Bonchev–Trinajstić information content (AvgIpc) is 2.10. The Morgan fingerprint density at radius 1 is 1.00 bits per heavy atom. The lowest BCUT2D eigenvalue weighted by Crippen LogP contribution is -2.29. The van der Waals surface area contributed by atoms with E-state index in [1.807, 2.05) is 0 Å². The van der Waals surface area contributed by atoms with Crippen molar-refractivity contribution in [3.8, 4) is 0 Å². The molecule has 0 spiro atoms. The van der Waals surface area contributed by atoms with Crippen molar-refractivity contribution in [3.63, 3.8) is 0 Å². The summed E-state index contributed by atoms with van der Waals surface area (Å²) in [5.74, 6) is -4.08. The smallest absolute Gasteiger partial charge is 0.307 e. The zero-order chi connectivity index (χ0) is 11.1. The lowest BCUT2D eigenvalue weighted by Gasteiger charge is -2.17. The summed E-state index contributed by atoms with van der Waals surface area (Å²) in [7, 11) is 0. The van der Waals surface area contributed by atoms with E-state index < -0.39 is 23.8 Å². The van der Waals surface area contributed by atoms with Crippen molar-refractivity contribution in [3.05, 3.63) is 25.3 Å². The second kappa shape index (κ2) is 5.96. The fraction of sp³-hybridized carbons (Fsp3) is 0.400. The summed E-state index contributed by atoms with van der Waals surface area (Å²) < 4.78 is 0. The van der Waals surface area contributed by atoms with Crippen molar-refractivity contribution < 1.29 is 19.8 Å². The van der Waals surface area contributed by atoms with Gasteiger partial charge in [0.1, 0.15) is 0 Å². The predicted molar refractivity (Wildman–Crippen MR) is 51.9 cm³/mol. The van der Waals surface area contributed by atoms with Crippen molar-refractivity contribution in [1.29, 1.82) is 0 Å². The van der Waals surface area contributed by atoms with E-state index in [1.54, 1.807) is 0 Å². The Morgan fingerprint density at radius 2 is 1.29 bits per heavy atom. The van der Waals surface area contributed by atoms with Gasteiger partial charge in [0.15, 0.2) is 0 Å². The van der Waals surface area contributed by atoms with E-state index in [1.165, 1.54) is 12.2 Å². The Hall–Kier alpha value is -1.58. The Morgan fingerprint density at radius 3 is 1.43 bits per heavy atom. The minimum absolute atomic E-state index is 0.153. The lowest BCUT2D eigenvalue weighted by molar-refractivity contribution is -0.153. The second-order valence-electron chi connectivity index (χ2n) is 2.94. The van der Waals surface area contributed by atoms with Crippen LogP contribution in [0.3, 0.4) is 0 Å². The molecule has 0 aromatic heterocycles. The van der Waals surface area contributed by atoms with Gasteiger partial charge in [-0.2, -0.15) is 0 Å². The van der Waals surface area contributed by atoms with Crippen LogP contribution in [0.15, 0.2) is 25.3 Å². The molecule has 0 saturated carbocycles. The van der Waals surface area contributed by atoms with E-state index >= 15 is 0 Å². The van der Waals surface area contributed by atoms with Gasteiger partial charge < -0.3 is 10.2 Å². The molecule has 0 aliphatic heterocycles. The summed E-state index contributed by atoms with van der Waals surface area (Å²) in [4.78, 5) is 21.5. The molecule has 78 valence electrons.